The van der Waals surface area contributed by atoms with Gasteiger partial charge in [0.15, 0.2) is 11.5 Å². The van der Waals surface area contributed by atoms with Crippen LogP contribution in [0.2, 0.25) is 0 Å². The minimum Gasteiger partial charge on any atom is -0.504 e. The molecule has 3 aliphatic rings. The number of β-amino-alcohol motifs (C(OH)–C–C–N with tert-alkyl or cyclic N) is 1. The van der Waals surface area contributed by atoms with E-state index in [-0.39, 0.29) is 42.3 Å². The molecule has 31 heteroatoms. The van der Waals surface area contributed by atoms with Crippen molar-refractivity contribution in [2.45, 2.75) is 118 Å². The van der Waals surface area contributed by atoms with Gasteiger partial charge in [0.05, 0.1) is 67.8 Å². The van der Waals surface area contributed by atoms with Crippen LogP contribution in [0.5, 0.6) is 11.5 Å². The predicted molar refractivity (Wildman–Crippen MR) is 321 cm³/mol. The molecule has 3 fully saturated rings. The summed E-state index contributed by atoms with van der Waals surface area (Å²) in [5.41, 5.74) is 4.46. The average Bonchev–Trinajstić information content (AvgIpc) is 2.02. The van der Waals surface area contributed by atoms with Crippen molar-refractivity contribution in [3.05, 3.63) is 121 Å². The van der Waals surface area contributed by atoms with Gasteiger partial charge in [0.2, 0.25) is 35.4 Å². The summed E-state index contributed by atoms with van der Waals surface area (Å²) in [5, 5.41) is 130. The Morgan fingerprint density at radius 2 is 1.38 bits per heavy atom. The number of nitrogens with zero attached hydrogens (tertiary/aromatic N) is 4. The Bertz CT molecular complexity index is 3310. The van der Waals surface area contributed by atoms with E-state index in [9.17, 15) is 79.5 Å². The minimum absolute atomic E-state index is 0.0131. The maximum atomic E-state index is 15.0. The highest BCUT2D eigenvalue weighted by Crippen LogP contribution is 2.32. The van der Waals surface area contributed by atoms with E-state index in [1.807, 2.05) is 54.6 Å². The van der Waals surface area contributed by atoms with Crippen molar-refractivity contribution in [3.63, 3.8) is 0 Å². The number of benzene rings is 4. The van der Waals surface area contributed by atoms with Crippen LogP contribution in [0.1, 0.15) is 49.0 Å². The number of aromatic nitrogens is 2. The molecule has 1 aromatic heterocycles. The summed E-state index contributed by atoms with van der Waals surface area (Å²) in [7, 11) is 0. The van der Waals surface area contributed by atoms with Crippen molar-refractivity contribution >= 4 is 53.7 Å². The standard InChI is InChI=1S/C60H74N10O20S/c1-31-26-69-52(53(31)79)58(84)62-25-41(74)22-43(64-54(80)37-13-15-40(16-14-37)70-27-38(24-63-70)36-11-9-35(10-12-36)34-6-4-3-5-7-34)55(81)65-49(32(2)73)59(85)68-28-42(75)23-44(68)56(82)66-50(47(78)20-33-8-17-45(76)48(21-33)88-91-90-89-87)57(83)67-51(60(69)86)46(77)18-19-61-39(29-71)30-72/h3-17,21,24,27,31-32,39,41-44,46-47,49-53,61,71-79,87H,18-20,22-23,25-26,28-30H2,1-2H3,(H,62,84)(H,64,80)(H,65,81)(H,66,82)(H,67,83)/t31-,32+,41+,42+,43?,44-,46+,47+,49-,50-,51-,52-,53-/m0/s1. The third-order valence-corrected chi connectivity index (χ3v) is 16.4. The van der Waals surface area contributed by atoms with Gasteiger partial charge in [0.1, 0.15) is 36.3 Å². The second-order valence-corrected chi connectivity index (χ2v) is 23.0. The van der Waals surface area contributed by atoms with Gasteiger partial charge in [-0.1, -0.05) is 77.0 Å². The zero-order chi connectivity index (χ0) is 65.6. The normalized spacial score (nSPS) is 24.9. The van der Waals surface area contributed by atoms with Gasteiger partial charge in [-0.2, -0.15) is 5.10 Å². The van der Waals surface area contributed by atoms with Gasteiger partial charge in [-0.15, -0.1) is 0 Å². The van der Waals surface area contributed by atoms with Gasteiger partial charge in [-0.05, 0) is 78.5 Å². The average molecular weight is 1290 g/mol. The van der Waals surface area contributed by atoms with Crippen LogP contribution in [0.25, 0.3) is 27.9 Å². The number of hydrogen-bond donors (Lipinski definition) is 16. The summed E-state index contributed by atoms with van der Waals surface area (Å²) in [6.07, 6.45) is -9.17. The van der Waals surface area contributed by atoms with Crippen LogP contribution in [0, 0.1) is 5.92 Å². The second-order valence-electron chi connectivity index (χ2n) is 22.6. The van der Waals surface area contributed by atoms with Crippen molar-refractivity contribution in [1.82, 2.24) is 51.5 Å². The molecule has 4 heterocycles. The maximum absolute atomic E-state index is 15.0. The first kappa shape index (κ1) is 68.8. The number of aromatic hydroxyl groups is 1. The molecule has 490 valence electrons. The van der Waals surface area contributed by atoms with Crippen LogP contribution in [0.15, 0.2) is 109 Å². The van der Waals surface area contributed by atoms with Crippen LogP contribution in [-0.2, 0) is 44.6 Å². The van der Waals surface area contributed by atoms with Gasteiger partial charge in [0.25, 0.3) is 18.2 Å². The zero-order valence-electron chi connectivity index (χ0n) is 49.3. The number of phenolic OH excluding ortho intramolecular Hbond substituents is 1. The molecule has 0 spiro atoms. The smallest absolute Gasteiger partial charge is 0.261 e. The van der Waals surface area contributed by atoms with E-state index < -0.39 is 184 Å². The molecule has 91 heavy (non-hydrogen) atoms. The van der Waals surface area contributed by atoms with Gasteiger partial charge in [0, 0.05) is 62.1 Å². The number of hydrogen-bond acceptors (Lipinski definition) is 23. The molecule has 0 aliphatic carbocycles. The first-order valence-corrected chi connectivity index (χ1v) is 29.8. The van der Waals surface area contributed by atoms with Gasteiger partial charge in [-0.25, -0.2) is 9.94 Å². The monoisotopic (exact) mass is 1290 g/mol. The summed E-state index contributed by atoms with van der Waals surface area (Å²) in [5.74, 6) is -9.61. The van der Waals surface area contributed by atoms with Crippen LogP contribution in [0.4, 0.5) is 0 Å². The van der Waals surface area contributed by atoms with E-state index in [2.05, 4.69) is 46.4 Å². The third-order valence-electron chi connectivity index (χ3n) is 16.0. The largest absolute Gasteiger partial charge is 0.504 e. The fraction of sp³-hybridized carbons (Fsp3) is 0.433. The van der Waals surface area contributed by atoms with Crippen molar-refractivity contribution in [2.75, 3.05) is 39.4 Å². The molecule has 0 saturated carbocycles. The SMILES string of the molecule is C[C@@H](O)[C@@H]1NC(=O)C(NC(=O)c2ccc(-n3cc(-c4ccc(-c5ccccc5)cc4)cn3)cc2)C[C@@H](O)CNC(=O)[C@@H]2[C@@H](O)[C@@H](C)CN2C(=O)[C@H]([C@H](O)CCNC(CO)CO)NC(=O)[C@H]([C@H](O)Cc2ccc(O)c(OSOOO)c2)NC(=O)[C@@H]2C[C@@H](O)CN2C1=O. The maximum Gasteiger partial charge on any atom is 0.261 e. The van der Waals surface area contributed by atoms with Crippen LogP contribution in [0.3, 0.4) is 0 Å². The molecule has 8 rings (SSSR count). The van der Waals surface area contributed by atoms with Crippen LogP contribution >= 0.6 is 12.3 Å². The number of carbonyl (C=O) groups excluding carboxylic acids is 7. The molecule has 4 aromatic carbocycles. The number of phenols is 1. The molecule has 30 nitrogen and oxygen atoms in total. The quantitative estimate of drug-likeness (QED) is 0.0167. The molecule has 0 bridgehead atoms. The van der Waals surface area contributed by atoms with Crippen molar-refractivity contribution in [3.8, 4) is 39.4 Å². The van der Waals surface area contributed by atoms with E-state index in [1.165, 1.54) is 25.1 Å². The lowest BCUT2D eigenvalue weighted by Crippen LogP contribution is -2.64. The highest BCUT2D eigenvalue weighted by atomic mass is 32.2. The number of rotatable bonds is 20. The molecular weight excluding hydrogens is 1210 g/mol. The Balaban J connectivity index is 1.10. The Morgan fingerprint density at radius 3 is 2.05 bits per heavy atom. The fourth-order valence-corrected chi connectivity index (χ4v) is 11.2. The molecule has 7 amide bonds. The molecule has 5 aromatic rings. The number of fused-ring (bicyclic) bond motifs is 2. The minimum atomic E-state index is -2.16. The van der Waals surface area contributed by atoms with E-state index in [1.54, 1.807) is 29.2 Å². The number of aliphatic hydroxyl groups excluding tert-OH is 8. The number of amides is 7. The van der Waals surface area contributed by atoms with E-state index in [0.717, 1.165) is 51.1 Å². The topological polar surface area (TPSA) is 446 Å². The van der Waals surface area contributed by atoms with E-state index in [0.29, 0.717) is 5.69 Å². The summed E-state index contributed by atoms with van der Waals surface area (Å²) in [6.45, 7) is -0.318. The first-order valence-electron chi connectivity index (χ1n) is 29.2. The zero-order valence-corrected chi connectivity index (χ0v) is 50.1. The highest BCUT2D eigenvalue weighted by molar-refractivity contribution is 7.90. The van der Waals surface area contributed by atoms with Gasteiger partial charge in [-0.3, -0.25) is 33.6 Å². The molecule has 3 aliphatic heterocycles. The predicted octanol–water partition coefficient (Wildman–Crippen LogP) is -2.44. The lowest BCUT2D eigenvalue weighted by atomic mass is 9.98. The van der Waals surface area contributed by atoms with E-state index >= 15 is 0 Å². The number of nitrogens with one attached hydrogen (secondary N) is 6. The van der Waals surface area contributed by atoms with Crippen LogP contribution < -0.4 is 36.1 Å². The summed E-state index contributed by atoms with van der Waals surface area (Å²) >= 11 is 0.0663. The molecule has 16 N–H and O–H groups in total. The Morgan fingerprint density at radius 1 is 0.736 bits per heavy atom. The lowest BCUT2D eigenvalue weighted by Gasteiger charge is -2.34. The number of carbonyl (C=O) groups is 7. The van der Waals surface area contributed by atoms with Crippen molar-refractivity contribution in [2.24, 2.45) is 5.92 Å². The molecule has 13 atom stereocenters. The van der Waals surface area contributed by atoms with Gasteiger partial charge < -0.3 is 91.8 Å². The van der Waals surface area contributed by atoms with Crippen LogP contribution in [-0.4, -0.2) is 230 Å². The van der Waals surface area contributed by atoms with E-state index in [4.69, 9.17) is 9.44 Å². The summed E-state index contributed by atoms with van der Waals surface area (Å²) in [6, 6.07) is 15.1. The summed E-state index contributed by atoms with van der Waals surface area (Å²) in [4.78, 5) is 104. The lowest BCUT2D eigenvalue weighted by molar-refractivity contribution is -0.433. The second kappa shape index (κ2) is 31.7. The third kappa shape index (κ3) is 17.3. The summed E-state index contributed by atoms with van der Waals surface area (Å²) < 4.78 is 10.9. The number of aliphatic hydroxyl groups is 8. The molecular formula is C60H74N10O20S. The van der Waals surface area contributed by atoms with Gasteiger partial charge >= 0.3 is 0 Å². The van der Waals surface area contributed by atoms with Crippen molar-refractivity contribution in [1.29, 1.82) is 0 Å². The Hall–Kier alpha value is -8.15. The first-order chi connectivity index (χ1) is 43.6. The molecule has 0 radical (unpaired) electrons. The Kier molecular flexibility index (Phi) is 24.0. The highest BCUT2D eigenvalue weighted by Gasteiger charge is 2.50. The Labute approximate surface area is 525 Å². The fourth-order valence-electron chi connectivity index (χ4n) is 11.0. The molecule has 3 saturated heterocycles. The molecule has 1 unspecified atom stereocenters. The van der Waals surface area contributed by atoms with Crippen molar-refractivity contribution < 1.29 is 98.3 Å².